The lowest BCUT2D eigenvalue weighted by Gasteiger charge is -2.06. The number of ether oxygens (including phenoxy) is 1. The van der Waals surface area contributed by atoms with Crippen LogP contribution in [0.5, 0.6) is 11.5 Å². The predicted molar refractivity (Wildman–Crippen MR) is 89.7 cm³/mol. The number of phenols is 1. The summed E-state index contributed by atoms with van der Waals surface area (Å²) in [6.07, 6.45) is 0. The van der Waals surface area contributed by atoms with Gasteiger partial charge in [0.05, 0.1) is 12.7 Å². The number of azo groups is 1. The SMILES string of the molecule is COc1ccc2ccc(O)c(N=Nc3ccccc3C(=O)O)c2c1. The second-order valence-corrected chi connectivity index (χ2v) is 5.04. The van der Waals surface area contributed by atoms with Crippen molar-refractivity contribution in [2.24, 2.45) is 10.2 Å². The molecule has 0 saturated carbocycles. The number of aromatic carboxylic acids is 1. The highest BCUT2D eigenvalue weighted by atomic mass is 16.5. The van der Waals surface area contributed by atoms with Gasteiger partial charge in [-0.05, 0) is 35.7 Å². The van der Waals surface area contributed by atoms with Gasteiger partial charge in [0, 0.05) is 5.39 Å². The number of hydrogen-bond donors (Lipinski definition) is 2. The standard InChI is InChI=1S/C18H14N2O4/c1-24-12-8-6-11-7-9-16(21)17(14(11)10-12)20-19-15-5-3-2-4-13(15)18(22)23/h2-10,21H,1H3,(H,22,23). The third-order valence-corrected chi connectivity index (χ3v) is 3.57. The lowest BCUT2D eigenvalue weighted by atomic mass is 10.1. The molecule has 2 N–H and O–H groups in total. The molecule has 0 saturated heterocycles. The summed E-state index contributed by atoms with van der Waals surface area (Å²) in [6, 6.07) is 15.0. The normalized spacial score (nSPS) is 11.0. The first kappa shape index (κ1) is 15.5. The summed E-state index contributed by atoms with van der Waals surface area (Å²) in [6.45, 7) is 0. The molecule has 3 rings (SSSR count). The Morgan fingerprint density at radius 3 is 2.54 bits per heavy atom. The van der Waals surface area contributed by atoms with Crippen molar-refractivity contribution >= 4 is 28.1 Å². The van der Waals surface area contributed by atoms with E-state index in [9.17, 15) is 15.0 Å². The van der Waals surface area contributed by atoms with Crippen LogP contribution < -0.4 is 4.74 Å². The molecule has 3 aromatic carbocycles. The lowest BCUT2D eigenvalue weighted by Crippen LogP contribution is -1.95. The maximum atomic E-state index is 11.2. The number of fused-ring (bicyclic) bond motifs is 1. The van der Waals surface area contributed by atoms with Crippen molar-refractivity contribution in [3.8, 4) is 11.5 Å². The minimum atomic E-state index is -1.09. The van der Waals surface area contributed by atoms with Gasteiger partial charge in [-0.3, -0.25) is 0 Å². The topological polar surface area (TPSA) is 91.5 Å². The largest absolute Gasteiger partial charge is 0.506 e. The third-order valence-electron chi connectivity index (χ3n) is 3.57. The molecule has 24 heavy (non-hydrogen) atoms. The fourth-order valence-corrected chi connectivity index (χ4v) is 2.35. The summed E-state index contributed by atoms with van der Waals surface area (Å²) in [4.78, 5) is 11.2. The zero-order valence-electron chi connectivity index (χ0n) is 12.8. The maximum absolute atomic E-state index is 11.2. The van der Waals surface area contributed by atoms with Crippen LogP contribution in [0.4, 0.5) is 11.4 Å². The van der Waals surface area contributed by atoms with Crippen LogP contribution in [-0.2, 0) is 0 Å². The van der Waals surface area contributed by atoms with E-state index in [0.29, 0.717) is 11.1 Å². The third kappa shape index (κ3) is 2.89. The van der Waals surface area contributed by atoms with E-state index in [1.165, 1.54) is 12.1 Å². The number of carboxylic acid groups (broad SMARTS) is 1. The Morgan fingerprint density at radius 1 is 1.04 bits per heavy atom. The number of aromatic hydroxyl groups is 1. The minimum Gasteiger partial charge on any atom is -0.506 e. The van der Waals surface area contributed by atoms with E-state index >= 15 is 0 Å². The van der Waals surface area contributed by atoms with Gasteiger partial charge < -0.3 is 14.9 Å². The van der Waals surface area contributed by atoms with Gasteiger partial charge in [-0.15, -0.1) is 10.2 Å². The summed E-state index contributed by atoms with van der Waals surface area (Å²) in [5.74, 6) is -0.517. The van der Waals surface area contributed by atoms with Gasteiger partial charge in [0.2, 0.25) is 0 Å². The van der Waals surface area contributed by atoms with Crippen molar-refractivity contribution in [3.63, 3.8) is 0 Å². The first-order valence-electron chi connectivity index (χ1n) is 7.14. The van der Waals surface area contributed by atoms with Crippen molar-refractivity contribution < 1.29 is 19.7 Å². The van der Waals surface area contributed by atoms with E-state index in [1.807, 2.05) is 6.07 Å². The van der Waals surface area contributed by atoms with Gasteiger partial charge in [-0.2, -0.15) is 0 Å². The highest BCUT2D eigenvalue weighted by Crippen LogP contribution is 2.38. The molecule has 0 aliphatic carbocycles. The second-order valence-electron chi connectivity index (χ2n) is 5.04. The number of hydrogen-bond acceptors (Lipinski definition) is 5. The monoisotopic (exact) mass is 322 g/mol. The first-order chi connectivity index (χ1) is 11.6. The van der Waals surface area contributed by atoms with Crippen LogP contribution in [0.2, 0.25) is 0 Å². The van der Waals surface area contributed by atoms with Crippen LogP contribution in [0, 0.1) is 0 Å². The van der Waals surface area contributed by atoms with Crippen molar-refractivity contribution in [1.82, 2.24) is 0 Å². The molecule has 0 spiro atoms. The molecule has 0 unspecified atom stereocenters. The smallest absolute Gasteiger partial charge is 0.337 e. The quantitative estimate of drug-likeness (QED) is 0.683. The molecule has 0 atom stereocenters. The molecule has 120 valence electrons. The molecule has 0 bridgehead atoms. The lowest BCUT2D eigenvalue weighted by molar-refractivity contribution is 0.0697. The van der Waals surface area contributed by atoms with Crippen LogP contribution in [-0.4, -0.2) is 23.3 Å². The van der Waals surface area contributed by atoms with Crippen LogP contribution in [0.25, 0.3) is 10.8 Å². The van der Waals surface area contributed by atoms with Gasteiger partial charge in [-0.25, -0.2) is 4.79 Å². The van der Waals surface area contributed by atoms with Gasteiger partial charge >= 0.3 is 5.97 Å². The molecule has 0 aliphatic rings. The number of methoxy groups -OCH3 is 1. The minimum absolute atomic E-state index is 0.0403. The molecule has 0 radical (unpaired) electrons. The molecule has 0 aromatic heterocycles. The Kier molecular flexibility index (Phi) is 4.11. The molecule has 0 aliphatic heterocycles. The highest BCUT2D eigenvalue weighted by Gasteiger charge is 2.10. The molecular formula is C18H14N2O4. The van der Waals surface area contributed by atoms with Crippen molar-refractivity contribution in [1.29, 1.82) is 0 Å². The van der Waals surface area contributed by atoms with Crippen molar-refractivity contribution in [3.05, 3.63) is 60.2 Å². The summed E-state index contributed by atoms with van der Waals surface area (Å²) in [7, 11) is 1.55. The fraction of sp³-hybridized carbons (Fsp3) is 0.0556. The number of carbonyl (C=O) groups is 1. The molecule has 0 fully saturated rings. The Hall–Kier alpha value is -3.41. The average Bonchev–Trinajstić information content (AvgIpc) is 2.60. The molecular weight excluding hydrogens is 308 g/mol. The van der Waals surface area contributed by atoms with E-state index in [-0.39, 0.29) is 22.7 Å². The molecule has 6 nitrogen and oxygen atoms in total. The zero-order valence-corrected chi connectivity index (χ0v) is 12.8. The summed E-state index contributed by atoms with van der Waals surface area (Å²) >= 11 is 0. The van der Waals surface area contributed by atoms with Crippen molar-refractivity contribution in [2.75, 3.05) is 7.11 Å². The Labute approximate surface area is 137 Å². The average molecular weight is 322 g/mol. The van der Waals surface area contributed by atoms with E-state index in [0.717, 1.165) is 5.39 Å². The molecule has 3 aromatic rings. The Morgan fingerprint density at radius 2 is 1.79 bits per heavy atom. The Bertz CT molecular complexity index is 951. The van der Waals surface area contributed by atoms with Crippen molar-refractivity contribution in [2.45, 2.75) is 0 Å². The highest BCUT2D eigenvalue weighted by molar-refractivity contribution is 5.96. The van der Waals surface area contributed by atoms with Crippen LogP contribution in [0.1, 0.15) is 10.4 Å². The van der Waals surface area contributed by atoms with Crippen LogP contribution in [0.15, 0.2) is 64.8 Å². The predicted octanol–water partition coefficient (Wildman–Crippen LogP) is 4.67. The number of carboxylic acids is 1. The molecule has 0 amide bonds. The van der Waals surface area contributed by atoms with Crippen LogP contribution in [0.3, 0.4) is 0 Å². The number of benzene rings is 3. The van der Waals surface area contributed by atoms with E-state index < -0.39 is 5.97 Å². The van der Waals surface area contributed by atoms with Gasteiger partial charge in [0.1, 0.15) is 22.9 Å². The number of rotatable bonds is 4. The summed E-state index contributed by atoms with van der Waals surface area (Å²) in [5.41, 5.74) is 0.509. The number of phenolic OH excluding ortho intramolecular Hbond substituents is 1. The number of nitrogens with zero attached hydrogens (tertiary/aromatic N) is 2. The van der Waals surface area contributed by atoms with E-state index in [4.69, 9.17) is 4.74 Å². The van der Waals surface area contributed by atoms with Crippen LogP contribution >= 0.6 is 0 Å². The zero-order chi connectivity index (χ0) is 17.1. The fourth-order valence-electron chi connectivity index (χ4n) is 2.35. The Balaban J connectivity index is 2.13. The molecule has 6 heteroatoms. The summed E-state index contributed by atoms with van der Waals surface area (Å²) < 4.78 is 5.20. The first-order valence-corrected chi connectivity index (χ1v) is 7.14. The summed E-state index contributed by atoms with van der Waals surface area (Å²) in [5, 5.41) is 28.9. The van der Waals surface area contributed by atoms with Gasteiger partial charge in [-0.1, -0.05) is 24.3 Å². The van der Waals surface area contributed by atoms with Gasteiger partial charge in [0.25, 0.3) is 0 Å². The molecule has 0 heterocycles. The van der Waals surface area contributed by atoms with E-state index in [1.54, 1.807) is 43.5 Å². The second kappa shape index (κ2) is 6.37. The van der Waals surface area contributed by atoms with E-state index in [2.05, 4.69) is 10.2 Å². The maximum Gasteiger partial charge on any atom is 0.337 e. The van der Waals surface area contributed by atoms with Gasteiger partial charge in [0.15, 0.2) is 0 Å².